The summed E-state index contributed by atoms with van der Waals surface area (Å²) in [7, 11) is 1.61. The maximum absolute atomic E-state index is 9.64. The highest BCUT2D eigenvalue weighted by atomic mass is 79.9. The van der Waals surface area contributed by atoms with Crippen molar-refractivity contribution in [1.82, 2.24) is 4.98 Å². The van der Waals surface area contributed by atoms with Gasteiger partial charge < -0.3 is 9.84 Å². The molecule has 0 fully saturated rings. The number of benzene rings is 1. The molecule has 0 radical (unpaired) electrons. The van der Waals surface area contributed by atoms with Crippen LogP contribution in [0.5, 0.6) is 5.75 Å². The fraction of sp³-hybridized carbons (Fsp3) is 0.300. The van der Waals surface area contributed by atoms with E-state index in [2.05, 4.69) is 20.9 Å². The second-order valence-electron chi connectivity index (χ2n) is 3.21. The van der Waals surface area contributed by atoms with Crippen LogP contribution in [0.4, 0.5) is 0 Å². The Morgan fingerprint density at radius 1 is 1.53 bits per heavy atom. The van der Waals surface area contributed by atoms with E-state index >= 15 is 0 Å². The Balaban J connectivity index is 2.73. The van der Waals surface area contributed by atoms with Crippen molar-refractivity contribution < 1.29 is 9.84 Å². The van der Waals surface area contributed by atoms with Gasteiger partial charge in [-0.2, -0.15) is 0 Å². The highest BCUT2D eigenvalue weighted by Crippen LogP contribution is 2.34. The lowest BCUT2D eigenvalue weighted by Gasteiger charge is -2.07. The molecule has 3 nitrogen and oxygen atoms in total. The second-order valence-corrected chi connectivity index (χ2v) is 5.51. The molecule has 1 aromatic heterocycles. The van der Waals surface area contributed by atoms with Crippen molar-refractivity contribution >= 4 is 37.5 Å². The molecular formula is C10H10BrNO2S. The van der Waals surface area contributed by atoms with Crippen LogP contribution in [0, 0.1) is 0 Å². The average Bonchev–Trinajstić information content (AvgIpc) is 2.55. The molecule has 1 N–H and O–H groups in total. The van der Waals surface area contributed by atoms with Crippen LogP contribution in [0.2, 0.25) is 0 Å². The van der Waals surface area contributed by atoms with Crippen molar-refractivity contribution in [3.05, 3.63) is 21.6 Å². The first kappa shape index (κ1) is 10.9. The van der Waals surface area contributed by atoms with Gasteiger partial charge in [0.25, 0.3) is 0 Å². The molecule has 80 valence electrons. The Kier molecular flexibility index (Phi) is 2.95. The van der Waals surface area contributed by atoms with Crippen LogP contribution < -0.4 is 4.74 Å². The van der Waals surface area contributed by atoms with Crippen molar-refractivity contribution in [2.75, 3.05) is 7.11 Å². The van der Waals surface area contributed by atoms with Crippen LogP contribution in [0.3, 0.4) is 0 Å². The van der Waals surface area contributed by atoms with E-state index in [1.165, 1.54) is 11.3 Å². The van der Waals surface area contributed by atoms with Crippen LogP contribution in [-0.2, 0) is 0 Å². The predicted molar refractivity (Wildman–Crippen MR) is 64.5 cm³/mol. The van der Waals surface area contributed by atoms with Crippen molar-refractivity contribution in [1.29, 1.82) is 0 Å². The molecule has 15 heavy (non-hydrogen) atoms. The lowest BCUT2D eigenvalue weighted by molar-refractivity contribution is 0.200. The molecule has 0 spiro atoms. The molecule has 0 aliphatic heterocycles. The predicted octanol–water partition coefficient (Wildman–Crippen LogP) is 3.12. The molecule has 1 unspecified atom stereocenters. The van der Waals surface area contributed by atoms with Gasteiger partial charge in [-0.05, 0) is 35.0 Å². The molecule has 2 aromatic rings. The zero-order chi connectivity index (χ0) is 11.0. The minimum atomic E-state index is -0.545. The summed E-state index contributed by atoms with van der Waals surface area (Å²) >= 11 is 4.87. The minimum Gasteiger partial charge on any atom is -0.497 e. The molecule has 0 saturated heterocycles. The van der Waals surface area contributed by atoms with Gasteiger partial charge in [-0.1, -0.05) is 0 Å². The van der Waals surface area contributed by atoms with Crippen LogP contribution in [0.1, 0.15) is 18.6 Å². The molecule has 2 rings (SSSR count). The van der Waals surface area contributed by atoms with E-state index in [9.17, 15) is 5.11 Å². The first-order chi connectivity index (χ1) is 7.11. The molecule has 1 aromatic carbocycles. The Hall–Kier alpha value is -0.650. The van der Waals surface area contributed by atoms with E-state index < -0.39 is 6.10 Å². The molecule has 1 atom stereocenters. The summed E-state index contributed by atoms with van der Waals surface area (Å²) in [5.41, 5.74) is 1.63. The summed E-state index contributed by atoms with van der Waals surface area (Å²) in [6.07, 6.45) is -0.545. The molecule has 1 heterocycles. The number of rotatable bonds is 2. The number of methoxy groups -OCH3 is 1. The van der Waals surface area contributed by atoms with Crippen LogP contribution >= 0.6 is 27.3 Å². The number of hydrogen-bond donors (Lipinski definition) is 1. The number of fused-ring (bicyclic) bond motifs is 1. The SMILES string of the molecule is COc1cc(C(C)O)c2nc(Br)sc2c1. The smallest absolute Gasteiger partial charge is 0.160 e. The standard InChI is InChI=1S/C10H10BrNO2S/c1-5(13)7-3-6(14-2)4-8-9(7)12-10(11)15-8/h3-5,13H,1-2H3. The number of hydrogen-bond acceptors (Lipinski definition) is 4. The van der Waals surface area contributed by atoms with Crippen molar-refractivity contribution in [2.24, 2.45) is 0 Å². The highest BCUT2D eigenvalue weighted by molar-refractivity contribution is 9.11. The summed E-state index contributed by atoms with van der Waals surface area (Å²) in [6.45, 7) is 1.72. The van der Waals surface area contributed by atoms with Crippen LogP contribution in [-0.4, -0.2) is 17.2 Å². The van der Waals surface area contributed by atoms with E-state index in [-0.39, 0.29) is 0 Å². The average molecular weight is 288 g/mol. The quantitative estimate of drug-likeness (QED) is 0.923. The molecular weight excluding hydrogens is 278 g/mol. The Bertz CT molecular complexity index is 495. The first-order valence-electron chi connectivity index (χ1n) is 4.44. The van der Waals surface area contributed by atoms with Gasteiger partial charge in [-0.25, -0.2) is 4.98 Å². The molecule has 0 saturated carbocycles. The van der Waals surface area contributed by atoms with Crippen LogP contribution in [0.15, 0.2) is 16.0 Å². The number of nitrogens with zero attached hydrogens (tertiary/aromatic N) is 1. The highest BCUT2D eigenvalue weighted by Gasteiger charge is 2.13. The second kappa shape index (κ2) is 4.08. The van der Waals surface area contributed by atoms with Gasteiger partial charge in [0.15, 0.2) is 3.92 Å². The summed E-state index contributed by atoms with van der Waals surface area (Å²) in [5, 5.41) is 9.64. The number of ether oxygens (including phenoxy) is 1. The van der Waals surface area contributed by atoms with Gasteiger partial charge >= 0.3 is 0 Å². The third-order valence-electron chi connectivity index (χ3n) is 2.16. The van der Waals surface area contributed by atoms with E-state index in [0.29, 0.717) is 0 Å². The number of halogens is 1. The minimum absolute atomic E-state index is 0.545. The monoisotopic (exact) mass is 287 g/mol. The fourth-order valence-electron chi connectivity index (χ4n) is 1.44. The Labute approximate surface area is 99.8 Å². The summed E-state index contributed by atoms with van der Waals surface area (Å²) < 4.78 is 7.00. The maximum atomic E-state index is 9.64. The van der Waals surface area contributed by atoms with Crippen molar-refractivity contribution in [3.63, 3.8) is 0 Å². The van der Waals surface area contributed by atoms with E-state index in [0.717, 1.165) is 25.4 Å². The molecule has 0 bridgehead atoms. The summed E-state index contributed by atoms with van der Waals surface area (Å²) in [6, 6.07) is 3.74. The number of aliphatic hydroxyl groups is 1. The molecule has 0 aliphatic carbocycles. The lowest BCUT2D eigenvalue weighted by atomic mass is 10.1. The number of thiazole rings is 1. The zero-order valence-electron chi connectivity index (χ0n) is 8.32. The van der Waals surface area contributed by atoms with Gasteiger partial charge in [0.05, 0.1) is 23.4 Å². The van der Waals surface area contributed by atoms with Gasteiger partial charge in [-0.3, -0.25) is 0 Å². The van der Waals surface area contributed by atoms with Gasteiger partial charge in [-0.15, -0.1) is 11.3 Å². The van der Waals surface area contributed by atoms with Crippen LogP contribution in [0.25, 0.3) is 10.2 Å². The maximum Gasteiger partial charge on any atom is 0.160 e. The zero-order valence-corrected chi connectivity index (χ0v) is 10.7. The molecule has 5 heteroatoms. The van der Waals surface area contributed by atoms with Gasteiger partial charge in [0, 0.05) is 5.56 Å². The first-order valence-corrected chi connectivity index (χ1v) is 6.05. The van der Waals surface area contributed by atoms with Crippen molar-refractivity contribution in [3.8, 4) is 5.75 Å². The normalized spacial score (nSPS) is 13.1. The topological polar surface area (TPSA) is 42.4 Å². The van der Waals surface area contributed by atoms with Gasteiger partial charge in [0.1, 0.15) is 5.75 Å². The lowest BCUT2D eigenvalue weighted by Crippen LogP contribution is -1.94. The van der Waals surface area contributed by atoms with Crippen molar-refractivity contribution in [2.45, 2.75) is 13.0 Å². The van der Waals surface area contributed by atoms with E-state index in [1.807, 2.05) is 12.1 Å². The van der Waals surface area contributed by atoms with E-state index in [4.69, 9.17) is 4.74 Å². The Morgan fingerprint density at radius 3 is 2.87 bits per heavy atom. The largest absolute Gasteiger partial charge is 0.497 e. The van der Waals surface area contributed by atoms with Gasteiger partial charge in [0.2, 0.25) is 0 Å². The number of aliphatic hydroxyl groups excluding tert-OH is 1. The van der Waals surface area contributed by atoms with E-state index in [1.54, 1.807) is 14.0 Å². The fourth-order valence-corrected chi connectivity index (χ4v) is 2.89. The number of aromatic nitrogens is 1. The third kappa shape index (κ3) is 2.00. The molecule has 0 aliphatic rings. The third-order valence-corrected chi connectivity index (χ3v) is 3.61. The Morgan fingerprint density at radius 2 is 2.27 bits per heavy atom. The summed E-state index contributed by atoms with van der Waals surface area (Å²) in [5.74, 6) is 0.745. The molecule has 0 amide bonds. The summed E-state index contributed by atoms with van der Waals surface area (Å²) in [4.78, 5) is 4.33.